The molecule has 134 valence electrons. The quantitative estimate of drug-likeness (QED) is 0.752. The third kappa shape index (κ3) is 3.66. The van der Waals surface area contributed by atoms with Gasteiger partial charge in [-0.15, -0.1) is 0 Å². The molecule has 4 amide bonds. The van der Waals surface area contributed by atoms with Gasteiger partial charge in [-0.25, -0.2) is 4.79 Å². The molecule has 1 aromatic carbocycles. The van der Waals surface area contributed by atoms with Crippen LogP contribution in [0.15, 0.2) is 30.3 Å². The Hall–Kier alpha value is -2.41. The fourth-order valence-corrected chi connectivity index (χ4v) is 3.09. The Labute approximate surface area is 146 Å². The van der Waals surface area contributed by atoms with Crippen molar-refractivity contribution in [2.24, 2.45) is 0 Å². The van der Waals surface area contributed by atoms with Crippen LogP contribution in [-0.2, 0) is 20.9 Å². The van der Waals surface area contributed by atoms with E-state index in [1.54, 1.807) is 11.8 Å². The van der Waals surface area contributed by atoms with Gasteiger partial charge in [0.25, 0.3) is 5.91 Å². The lowest BCUT2D eigenvalue weighted by Crippen LogP contribution is -2.48. The number of hydrogen-bond acceptors (Lipinski definition) is 4. The van der Waals surface area contributed by atoms with Gasteiger partial charge in [0.1, 0.15) is 12.1 Å². The lowest BCUT2D eigenvalue weighted by atomic mass is 10.0. The van der Waals surface area contributed by atoms with Gasteiger partial charge in [-0.3, -0.25) is 14.5 Å². The monoisotopic (exact) mass is 345 g/mol. The highest BCUT2D eigenvalue weighted by Crippen LogP contribution is 2.29. The minimum Gasteiger partial charge on any atom is -0.382 e. The second kappa shape index (κ2) is 6.84. The highest BCUT2D eigenvalue weighted by molar-refractivity contribution is 6.08. The predicted molar refractivity (Wildman–Crippen MR) is 90.5 cm³/mol. The number of nitrogens with zero attached hydrogens (tertiary/aromatic N) is 2. The summed E-state index contributed by atoms with van der Waals surface area (Å²) in [5, 5.41) is 2.61. The molecule has 1 heterocycles. The largest absolute Gasteiger partial charge is 0.382 e. The van der Waals surface area contributed by atoms with Gasteiger partial charge in [-0.05, 0) is 25.3 Å². The summed E-state index contributed by atoms with van der Waals surface area (Å²) >= 11 is 0. The van der Waals surface area contributed by atoms with Crippen molar-refractivity contribution in [1.29, 1.82) is 0 Å². The normalized spacial score (nSPS) is 22.9. The Morgan fingerprint density at radius 2 is 2.00 bits per heavy atom. The zero-order valence-electron chi connectivity index (χ0n) is 14.5. The molecule has 0 bridgehead atoms. The number of urea groups is 1. The molecule has 1 saturated carbocycles. The number of ether oxygens (including phenoxy) is 1. The molecule has 0 spiro atoms. The van der Waals surface area contributed by atoms with Gasteiger partial charge >= 0.3 is 6.03 Å². The van der Waals surface area contributed by atoms with E-state index in [0.717, 1.165) is 23.3 Å². The van der Waals surface area contributed by atoms with Crippen molar-refractivity contribution < 1.29 is 19.1 Å². The zero-order valence-corrected chi connectivity index (χ0v) is 14.5. The Kier molecular flexibility index (Phi) is 4.76. The minimum absolute atomic E-state index is 0.0681. The third-order valence-corrected chi connectivity index (χ3v) is 4.58. The lowest BCUT2D eigenvalue weighted by Gasteiger charge is -2.25. The minimum atomic E-state index is -1.12. The predicted octanol–water partition coefficient (Wildman–Crippen LogP) is 1.13. The van der Waals surface area contributed by atoms with E-state index >= 15 is 0 Å². The van der Waals surface area contributed by atoms with Crippen molar-refractivity contribution in [3.63, 3.8) is 0 Å². The van der Waals surface area contributed by atoms with Gasteiger partial charge in [-0.1, -0.05) is 30.3 Å². The van der Waals surface area contributed by atoms with Crippen molar-refractivity contribution in [3.05, 3.63) is 35.9 Å². The van der Waals surface area contributed by atoms with Crippen LogP contribution in [0.5, 0.6) is 0 Å². The number of carbonyl (C=O) groups is 3. The van der Waals surface area contributed by atoms with Gasteiger partial charge in [0.15, 0.2) is 0 Å². The summed E-state index contributed by atoms with van der Waals surface area (Å²) in [4.78, 5) is 40.2. The number of hydrogen-bond donors (Lipinski definition) is 1. The molecular weight excluding hydrogens is 322 g/mol. The van der Waals surface area contributed by atoms with Crippen molar-refractivity contribution in [1.82, 2.24) is 15.1 Å². The van der Waals surface area contributed by atoms with Crippen molar-refractivity contribution in [3.8, 4) is 0 Å². The van der Waals surface area contributed by atoms with E-state index in [-0.39, 0.29) is 25.1 Å². The molecule has 25 heavy (non-hydrogen) atoms. The van der Waals surface area contributed by atoms with Crippen molar-refractivity contribution >= 4 is 17.8 Å². The standard InChI is InChI=1S/C18H23N3O4/c1-18(12-25-2)16(23)21(17(24)19-18)11-15(22)20(14-8-9-14)10-13-6-4-3-5-7-13/h3-7,14H,8-12H2,1-2H3,(H,19,24). The second-order valence-electron chi connectivity index (χ2n) is 6.82. The molecule has 1 atom stereocenters. The van der Waals surface area contributed by atoms with E-state index in [1.165, 1.54) is 7.11 Å². The van der Waals surface area contributed by atoms with E-state index in [1.807, 2.05) is 30.3 Å². The number of amides is 4. The van der Waals surface area contributed by atoms with Crippen LogP contribution in [0.25, 0.3) is 0 Å². The maximum absolute atomic E-state index is 12.8. The smallest absolute Gasteiger partial charge is 0.325 e. The second-order valence-corrected chi connectivity index (χ2v) is 6.82. The summed E-state index contributed by atoms with van der Waals surface area (Å²) < 4.78 is 5.02. The molecule has 1 saturated heterocycles. The molecule has 0 aromatic heterocycles. The molecule has 2 aliphatic rings. The SMILES string of the molecule is COCC1(C)NC(=O)N(CC(=O)N(Cc2ccccc2)C2CC2)C1=O. The van der Waals surface area contributed by atoms with Gasteiger partial charge < -0.3 is 15.0 Å². The molecule has 1 aromatic rings. The van der Waals surface area contributed by atoms with Gasteiger partial charge in [0.2, 0.25) is 5.91 Å². The fourth-order valence-electron chi connectivity index (χ4n) is 3.09. The zero-order chi connectivity index (χ0) is 18.0. The van der Waals surface area contributed by atoms with Crippen LogP contribution in [0.2, 0.25) is 0 Å². The molecule has 0 radical (unpaired) electrons. The van der Waals surface area contributed by atoms with Crippen LogP contribution in [-0.4, -0.2) is 59.5 Å². The van der Waals surface area contributed by atoms with E-state index in [4.69, 9.17) is 4.74 Å². The molecule has 1 aliphatic heterocycles. The topological polar surface area (TPSA) is 79.0 Å². The first-order valence-electron chi connectivity index (χ1n) is 8.41. The summed E-state index contributed by atoms with van der Waals surface area (Å²) in [5.41, 5.74) is -0.0835. The van der Waals surface area contributed by atoms with E-state index in [9.17, 15) is 14.4 Å². The number of nitrogens with one attached hydrogen (secondary N) is 1. The van der Waals surface area contributed by atoms with Gasteiger partial charge in [0, 0.05) is 19.7 Å². The van der Waals surface area contributed by atoms with Crippen molar-refractivity contribution in [2.45, 2.75) is 37.9 Å². The first kappa shape index (κ1) is 17.4. The van der Waals surface area contributed by atoms with E-state index in [2.05, 4.69) is 5.32 Å². The first-order valence-corrected chi connectivity index (χ1v) is 8.41. The Morgan fingerprint density at radius 3 is 2.60 bits per heavy atom. The van der Waals surface area contributed by atoms with Crippen molar-refractivity contribution in [2.75, 3.05) is 20.3 Å². The summed E-state index contributed by atoms with van der Waals surface area (Å²) in [5.74, 6) is -0.639. The third-order valence-electron chi connectivity index (χ3n) is 4.58. The van der Waals surface area contributed by atoms with E-state index < -0.39 is 17.5 Å². The summed E-state index contributed by atoms with van der Waals surface area (Å²) in [6, 6.07) is 9.36. The Balaban J connectivity index is 1.69. The van der Waals surface area contributed by atoms with E-state index in [0.29, 0.717) is 6.54 Å². The Morgan fingerprint density at radius 1 is 1.32 bits per heavy atom. The van der Waals surface area contributed by atoms with Gasteiger partial charge in [0.05, 0.1) is 6.61 Å². The molecule has 3 rings (SSSR count). The van der Waals surface area contributed by atoms with Crippen LogP contribution in [0.4, 0.5) is 4.79 Å². The molecular formula is C18H23N3O4. The van der Waals surface area contributed by atoms with Crippen LogP contribution >= 0.6 is 0 Å². The molecule has 7 nitrogen and oxygen atoms in total. The maximum Gasteiger partial charge on any atom is 0.325 e. The van der Waals surface area contributed by atoms with Crippen LogP contribution in [0.1, 0.15) is 25.3 Å². The maximum atomic E-state index is 12.8. The summed E-state index contributed by atoms with van der Waals surface area (Å²) in [7, 11) is 1.47. The molecule has 1 N–H and O–H groups in total. The molecule has 2 fully saturated rings. The average Bonchev–Trinajstić information content (AvgIpc) is 3.39. The molecule has 7 heteroatoms. The summed E-state index contributed by atoms with van der Waals surface area (Å²) in [6.07, 6.45) is 1.92. The van der Waals surface area contributed by atoms with Gasteiger partial charge in [-0.2, -0.15) is 0 Å². The number of imide groups is 1. The highest BCUT2D eigenvalue weighted by atomic mass is 16.5. The van der Waals surface area contributed by atoms with Crippen LogP contribution in [0.3, 0.4) is 0 Å². The number of carbonyl (C=O) groups excluding carboxylic acids is 3. The molecule has 1 unspecified atom stereocenters. The lowest BCUT2D eigenvalue weighted by molar-refractivity contribution is -0.140. The number of rotatable bonds is 7. The van der Waals surface area contributed by atoms with Crippen LogP contribution in [0, 0.1) is 0 Å². The number of benzene rings is 1. The fraction of sp³-hybridized carbons (Fsp3) is 0.500. The first-order chi connectivity index (χ1) is 11.9. The molecule has 1 aliphatic carbocycles. The average molecular weight is 345 g/mol. The Bertz CT molecular complexity index is 674. The van der Waals surface area contributed by atoms with Crippen LogP contribution < -0.4 is 5.32 Å². The number of methoxy groups -OCH3 is 1. The highest BCUT2D eigenvalue weighted by Gasteiger charge is 2.49. The summed E-state index contributed by atoms with van der Waals surface area (Å²) in [6.45, 7) is 1.92.